The molecule has 0 atom stereocenters. The number of hydrogen-bond acceptors (Lipinski definition) is 5. The number of nitrogens with two attached hydrogens (primary N) is 1. The van der Waals surface area contributed by atoms with Crippen LogP contribution in [0.3, 0.4) is 0 Å². The summed E-state index contributed by atoms with van der Waals surface area (Å²) in [6, 6.07) is 5.97. The maximum Gasteiger partial charge on any atom is 0.226 e. The Balaban J connectivity index is 2.29. The van der Waals surface area contributed by atoms with E-state index in [2.05, 4.69) is 33.2 Å². The molecule has 2 heterocycles. The second kappa shape index (κ2) is 6.08. The van der Waals surface area contributed by atoms with E-state index in [1.807, 2.05) is 19.1 Å². The van der Waals surface area contributed by atoms with E-state index < -0.39 is 0 Å². The molecule has 4 nitrogen and oxygen atoms in total. The van der Waals surface area contributed by atoms with E-state index in [0.29, 0.717) is 16.6 Å². The average Bonchev–Trinajstić information content (AvgIpc) is 2.88. The van der Waals surface area contributed by atoms with Crippen molar-refractivity contribution in [2.24, 2.45) is 5.73 Å². The maximum absolute atomic E-state index is 5.65. The lowest BCUT2D eigenvalue weighted by molar-refractivity contribution is 0.794. The molecule has 0 bridgehead atoms. The van der Waals surface area contributed by atoms with Gasteiger partial charge in [0.15, 0.2) is 0 Å². The van der Waals surface area contributed by atoms with Gasteiger partial charge in [-0.15, -0.1) is 11.3 Å². The third kappa shape index (κ3) is 3.48. The van der Waals surface area contributed by atoms with E-state index in [0.717, 1.165) is 18.8 Å². The molecule has 0 aliphatic rings. The maximum atomic E-state index is 5.65. The van der Waals surface area contributed by atoms with E-state index >= 15 is 0 Å². The van der Waals surface area contributed by atoms with Crippen molar-refractivity contribution in [1.29, 1.82) is 0 Å². The molecule has 2 aromatic heterocycles. The summed E-state index contributed by atoms with van der Waals surface area (Å²) in [4.78, 5) is 12.6. The molecular formula is C13H16N4S2. The second-order valence-corrected chi connectivity index (χ2v) is 5.62. The second-order valence-electron chi connectivity index (χ2n) is 4.15. The van der Waals surface area contributed by atoms with Crippen LogP contribution in [0.25, 0.3) is 0 Å². The third-order valence-electron chi connectivity index (χ3n) is 2.69. The highest BCUT2D eigenvalue weighted by Crippen LogP contribution is 2.17. The molecule has 19 heavy (non-hydrogen) atoms. The summed E-state index contributed by atoms with van der Waals surface area (Å²) >= 11 is 6.72. The van der Waals surface area contributed by atoms with Crippen LogP contribution in [0.5, 0.6) is 0 Å². The van der Waals surface area contributed by atoms with E-state index in [1.165, 1.54) is 4.88 Å². The summed E-state index contributed by atoms with van der Waals surface area (Å²) in [7, 11) is 0. The lowest BCUT2D eigenvalue weighted by atomic mass is 10.3. The zero-order chi connectivity index (χ0) is 13.8. The molecule has 0 aliphatic carbocycles. The summed E-state index contributed by atoms with van der Waals surface area (Å²) in [5.41, 5.74) is 7.15. The van der Waals surface area contributed by atoms with Crippen molar-refractivity contribution >= 4 is 34.5 Å². The summed E-state index contributed by atoms with van der Waals surface area (Å²) in [6.45, 7) is 5.64. The lowest BCUT2D eigenvalue weighted by Gasteiger charge is -2.20. The Morgan fingerprint density at radius 3 is 2.84 bits per heavy atom. The van der Waals surface area contributed by atoms with E-state index in [1.54, 1.807) is 11.3 Å². The molecule has 0 radical (unpaired) electrons. The molecule has 0 saturated heterocycles. The largest absolute Gasteiger partial charge is 0.388 e. The summed E-state index contributed by atoms with van der Waals surface area (Å²) in [5.74, 6) is 0.679. The molecule has 2 N–H and O–H groups in total. The van der Waals surface area contributed by atoms with Crippen LogP contribution in [0.15, 0.2) is 23.6 Å². The first-order chi connectivity index (χ1) is 9.10. The first-order valence-corrected chi connectivity index (χ1v) is 7.31. The van der Waals surface area contributed by atoms with Crippen molar-refractivity contribution in [3.8, 4) is 0 Å². The van der Waals surface area contributed by atoms with Gasteiger partial charge in [-0.3, -0.25) is 0 Å². The average molecular weight is 292 g/mol. The zero-order valence-electron chi connectivity index (χ0n) is 11.0. The Hall–Kier alpha value is -1.53. The van der Waals surface area contributed by atoms with E-state index in [-0.39, 0.29) is 0 Å². The van der Waals surface area contributed by atoms with Gasteiger partial charge in [0.1, 0.15) is 10.7 Å². The van der Waals surface area contributed by atoms with Crippen molar-refractivity contribution in [1.82, 2.24) is 9.97 Å². The highest BCUT2D eigenvalue weighted by molar-refractivity contribution is 7.80. The normalized spacial score (nSPS) is 10.4. The molecule has 100 valence electrons. The van der Waals surface area contributed by atoms with Gasteiger partial charge in [-0.25, -0.2) is 9.97 Å². The standard InChI is InChI=1S/C13H16N4S2/c1-3-17(8-10-5-4-6-19-10)13-15-9(2)7-11(16-13)12(14)18/h4-7H,3,8H2,1-2H3,(H2,14,18). The Labute approximate surface area is 122 Å². The van der Waals surface area contributed by atoms with Crippen LogP contribution < -0.4 is 10.6 Å². The number of hydrogen-bond donors (Lipinski definition) is 1. The van der Waals surface area contributed by atoms with Crippen molar-refractivity contribution in [3.63, 3.8) is 0 Å². The number of aryl methyl sites for hydroxylation is 1. The number of thiocarbonyl (C=S) groups is 1. The van der Waals surface area contributed by atoms with E-state index in [4.69, 9.17) is 18.0 Å². The predicted molar refractivity (Wildman–Crippen MR) is 83.7 cm³/mol. The topological polar surface area (TPSA) is 55.0 Å². The Morgan fingerprint density at radius 2 is 2.26 bits per heavy atom. The number of anilines is 1. The van der Waals surface area contributed by atoms with Gasteiger partial charge < -0.3 is 10.6 Å². The first-order valence-electron chi connectivity index (χ1n) is 6.03. The predicted octanol–water partition coefficient (Wildman–Crippen LogP) is 2.51. The van der Waals surface area contributed by atoms with Gasteiger partial charge in [0, 0.05) is 17.1 Å². The molecule has 0 amide bonds. The van der Waals surface area contributed by atoms with Crippen molar-refractivity contribution in [3.05, 3.63) is 39.8 Å². The summed E-state index contributed by atoms with van der Waals surface area (Å²) in [5, 5.41) is 2.07. The van der Waals surface area contributed by atoms with Gasteiger partial charge in [0.25, 0.3) is 0 Å². The van der Waals surface area contributed by atoms with Crippen molar-refractivity contribution < 1.29 is 0 Å². The number of rotatable bonds is 5. The lowest BCUT2D eigenvalue weighted by Crippen LogP contribution is -2.25. The quantitative estimate of drug-likeness (QED) is 0.858. The minimum atomic E-state index is 0.305. The minimum Gasteiger partial charge on any atom is -0.388 e. The fourth-order valence-electron chi connectivity index (χ4n) is 1.74. The Kier molecular flexibility index (Phi) is 4.44. The fraction of sp³-hybridized carbons (Fsp3) is 0.308. The van der Waals surface area contributed by atoms with Crippen LogP contribution in [-0.2, 0) is 6.54 Å². The SMILES string of the molecule is CCN(Cc1cccs1)c1nc(C)cc(C(N)=S)n1. The van der Waals surface area contributed by atoms with Crippen LogP contribution in [-0.4, -0.2) is 21.5 Å². The molecule has 0 spiro atoms. The molecule has 0 aromatic carbocycles. The summed E-state index contributed by atoms with van der Waals surface area (Å²) in [6.07, 6.45) is 0. The number of thiophene rings is 1. The fourth-order valence-corrected chi connectivity index (χ4v) is 2.56. The highest BCUT2D eigenvalue weighted by Gasteiger charge is 2.12. The molecule has 0 unspecified atom stereocenters. The van der Waals surface area contributed by atoms with Gasteiger partial charge >= 0.3 is 0 Å². The van der Waals surface area contributed by atoms with Crippen molar-refractivity contribution in [2.45, 2.75) is 20.4 Å². The molecular weight excluding hydrogens is 276 g/mol. The van der Waals surface area contributed by atoms with Crippen LogP contribution in [0.4, 0.5) is 5.95 Å². The Bertz CT molecular complexity index is 566. The van der Waals surface area contributed by atoms with E-state index in [9.17, 15) is 0 Å². The smallest absolute Gasteiger partial charge is 0.226 e. The minimum absolute atomic E-state index is 0.305. The van der Waals surface area contributed by atoms with Gasteiger partial charge in [-0.1, -0.05) is 18.3 Å². The van der Waals surface area contributed by atoms with Crippen LogP contribution >= 0.6 is 23.6 Å². The van der Waals surface area contributed by atoms with Gasteiger partial charge in [0.05, 0.1) is 6.54 Å². The number of nitrogens with zero attached hydrogens (tertiary/aromatic N) is 3. The summed E-state index contributed by atoms with van der Waals surface area (Å²) < 4.78 is 0. The van der Waals surface area contributed by atoms with Gasteiger partial charge in [-0.05, 0) is 31.4 Å². The molecule has 0 fully saturated rings. The molecule has 2 aromatic rings. The molecule has 2 rings (SSSR count). The van der Waals surface area contributed by atoms with Gasteiger partial charge in [0.2, 0.25) is 5.95 Å². The number of aromatic nitrogens is 2. The first kappa shape index (κ1) is 13.9. The van der Waals surface area contributed by atoms with Crippen molar-refractivity contribution in [2.75, 3.05) is 11.4 Å². The molecule has 0 aliphatic heterocycles. The monoisotopic (exact) mass is 292 g/mol. The highest BCUT2D eigenvalue weighted by atomic mass is 32.1. The van der Waals surface area contributed by atoms with Gasteiger partial charge in [-0.2, -0.15) is 0 Å². The molecule has 0 saturated carbocycles. The van der Waals surface area contributed by atoms with Crippen LogP contribution in [0.2, 0.25) is 0 Å². The van der Waals surface area contributed by atoms with Crippen LogP contribution in [0, 0.1) is 6.92 Å². The Morgan fingerprint density at radius 1 is 1.47 bits per heavy atom. The van der Waals surface area contributed by atoms with Crippen LogP contribution in [0.1, 0.15) is 23.2 Å². The third-order valence-corrected chi connectivity index (χ3v) is 3.76. The molecule has 6 heteroatoms. The zero-order valence-corrected chi connectivity index (χ0v) is 12.6.